The van der Waals surface area contributed by atoms with E-state index in [9.17, 15) is 17.0 Å². The number of aryl methyl sites for hydroxylation is 2. The molecule has 2 unspecified atom stereocenters. The molecule has 0 aromatic heterocycles. The first-order valence-corrected chi connectivity index (χ1v) is 33.3. The van der Waals surface area contributed by atoms with Gasteiger partial charge in [-0.2, -0.15) is 0 Å². The fourth-order valence-electron chi connectivity index (χ4n) is 11.4. The van der Waals surface area contributed by atoms with Gasteiger partial charge in [0.05, 0.1) is 0 Å². The van der Waals surface area contributed by atoms with Crippen LogP contribution in [0.2, 0.25) is 0 Å². The van der Waals surface area contributed by atoms with Crippen molar-refractivity contribution in [1.29, 1.82) is 0 Å². The molecule has 0 nitrogen and oxygen atoms in total. The molecular weight excluding hydrogens is 839 g/mol. The van der Waals surface area contributed by atoms with E-state index in [1.165, 1.54) is 103 Å². The van der Waals surface area contributed by atoms with Gasteiger partial charge in [0.25, 0.3) is 0 Å². The van der Waals surface area contributed by atoms with Gasteiger partial charge in [-0.05, 0) is 0 Å². The van der Waals surface area contributed by atoms with Crippen LogP contribution in [0.4, 0.5) is 0 Å². The molecule has 2 atom stereocenters. The molecule has 0 radical (unpaired) electrons. The van der Waals surface area contributed by atoms with Crippen LogP contribution in [0.1, 0.15) is 118 Å². The molecule has 58 heavy (non-hydrogen) atoms. The van der Waals surface area contributed by atoms with E-state index in [0.29, 0.717) is 11.8 Å². The number of halogens is 2. The van der Waals surface area contributed by atoms with Gasteiger partial charge in [0.1, 0.15) is 0 Å². The van der Waals surface area contributed by atoms with Crippen molar-refractivity contribution in [3.8, 4) is 33.4 Å². The summed E-state index contributed by atoms with van der Waals surface area (Å²) in [6.45, 7) is 18.5. The van der Waals surface area contributed by atoms with Crippen molar-refractivity contribution < 1.29 is 16.4 Å². The van der Waals surface area contributed by atoms with Crippen LogP contribution in [0.5, 0.6) is 0 Å². The van der Waals surface area contributed by atoms with Crippen molar-refractivity contribution in [2.24, 2.45) is 0 Å². The third kappa shape index (κ3) is 5.90. The van der Waals surface area contributed by atoms with Crippen molar-refractivity contribution in [3.05, 3.63) is 171 Å². The van der Waals surface area contributed by atoms with Gasteiger partial charge in [0.15, 0.2) is 0 Å². The Kier molecular flexibility index (Phi) is 10.2. The number of allylic oxidation sites excluding steroid dienone is 2. The molecule has 0 saturated heterocycles. The molecule has 293 valence electrons. The van der Waals surface area contributed by atoms with Gasteiger partial charge in [-0.1, -0.05) is 0 Å². The minimum absolute atomic E-state index is 0.0850. The van der Waals surface area contributed by atoms with Gasteiger partial charge in [0, 0.05) is 0 Å². The maximum atomic E-state index is 9.32. The van der Waals surface area contributed by atoms with E-state index < -0.39 is 25.9 Å². The summed E-state index contributed by atoms with van der Waals surface area (Å²) in [6, 6.07) is 43.7. The second kappa shape index (κ2) is 14.9. The van der Waals surface area contributed by atoms with Gasteiger partial charge >= 0.3 is 360 Å². The Morgan fingerprint density at radius 1 is 0.534 bits per heavy atom. The van der Waals surface area contributed by atoms with Crippen LogP contribution in [-0.4, -0.2) is 9.52 Å². The number of benzene rings is 6. The molecule has 1 aliphatic heterocycles. The molecule has 0 N–H and O–H groups in total. The summed E-state index contributed by atoms with van der Waals surface area (Å²) in [5, 5.41) is 2.97. The SMILES string of the molecule is CCC1=Cc2c(ccc(C)c2-c2ccccc2C(C)C)[CH]1[Zr]([Cl])([Cl])([c]1cccc2c1[SiH2]c1ccccc1-2)[CH]1C(CC)=Cc2c1ccc(C)c2-c1ccccc1C(C)C. The third-order valence-corrected chi connectivity index (χ3v) is 36.7. The molecule has 6 aromatic rings. The quantitative estimate of drug-likeness (QED) is 0.127. The first-order valence-electron chi connectivity index (χ1n) is 21.5. The predicted octanol–water partition coefficient (Wildman–Crippen LogP) is 13.7. The Morgan fingerprint density at radius 3 is 1.47 bits per heavy atom. The van der Waals surface area contributed by atoms with Crippen LogP contribution < -0.4 is 13.6 Å². The summed E-state index contributed by atoms with van der Waals surface area (Å²) in [6.07, 6.45) is 6.84. The van der Waals surface area contributed by atoms with Crippen molar-refractivity contribution in [3.63, 3.8) is 0 Å². The Balaban J connectivity index is 1.38. The average Bonchev–Trinajstić information content (AvgIpc) is 3.93. The van der Waals surface area contributed by atoms with Crippen LogP contribution >= 0.6 is 17.0 Å². The second-order valence-corrected chi connectivity index (χ2v) is 40.3. The van der Waals surface area contributed by atoms with E-state index in [1.807, 2.05) is 0 Å². The van der Waals surface area contributed by atoms with Crippen molar-refractivity contribution in [2.75, 3.05) is 0 Å². The van der Waals surface area contributed by atoms with E-state index in [0.717, 1.165) is 12.8 Å². The monoisotopic (exact) mass is 891 g/mol. The van der Waals surface area contributed by atoms with Crippen LogP contribution in [0.15, 0.2) is 126 Å². The molecular formula is C54H55Cl2SiZr. The average molecular weight is 894 g/mol. The van der Waals surface area contributed by atoms with E-state index >= 15 is 0 Å². The molecule has 0 amide bonds. The minimum atomic E-state index is -5.60. The van der Waals surface area contributed by atoms with Gasteiger partial charge in [0.2, 0.25) is 0 Å². The van der Waals surface area contributed by atoms with Crippen LogP contribution in [0.25, 0.3) is 45.5 Å². The zero-order valence-electron chi connectivity index (χ0n) is 35.3. The summed E-state index contributed by atoms with van der Waals surface area (Å²) in [4.78, 5) is 0. The van der Waals surface area contributed by atoms with Crippen molar-refractivity contribution in [2.45, 2.75) is 87.3 Å². The van der Waals surface area contributed by atoms with Gasteiger partial charge < -0.3 is 0 Å². The van der Waals surface area contributed by atoms with E-state index in [4.69, 9.17) is 0 Å². The van der Waals surface area contributed by atoms with E-state index in [-0.39, 0.29) is 7.25 Å². The van der Waals surface area contributed by atoms with Gasteiger partial charge in [-0.25, -0.2) is 0 Å². The summed E-state index contributed by atoms with van der Waals surface area (Å²) in [7, 11) is 17.8. The summed E-state index contributed by atoms with van der Waals surface area (Å²) in [5.41, 5.74) is 21.5. The molecule has 4 heteroatoms. The standard InChI is InChI=1S/2C21H23.C12H9Si.2ClH.Zr/c2*1-5-16-12-17-11-10-15(4)21(20(17)13-16)19-9-7-6-8-18(19)14(2)3;1-3-7-11-9(5-1)10-6-2-4-8-12(10)13-11;;;/h2*6-14H,5H2,1-4H3;1-7H,13H2;2*1H;/q;;;;;+2/p-2. The fourth-order valence-corrected chi connectivity index (χ4v) is 39.6. The number of hydrogen-bond acceptors (Lipinski definition) is 0. The summed E-state index contributed by atoms with van der Waals surface area (Å²) < 4.78 is 1.13. The summed E-state index contributed by atoms with van der Waals surface area (Å²) >= 11 is -5.60. The predicted molar refractivity (Wildman–Crippen MR) is 254 cm³/mol. The zero-order chi connectivity index (χ0) is 40.7. The van der Waals surface area contributed by atoms with Crippen LogP contribution in [-0.2, 0) is 16.4 Å². The fraction of sp³-hybridized carbons (Fsp3) is 0.259. The second-order valence-electron chi connectivity index (χ2n) is 17.8. The molecule has 3 aliphatic rings. The Labute approximate surface area is 357 Å². The zero-order valence-corrected chi connectivity index (χ0v) is 40.7. The molecule has 0 saturated carbocycles. The molecule has 9 rings (SSSR count). The third-order valence-electron chi connectivity index (χ3n) is 13.9. The van der Waals surface area contributed by atoms with Crippen LogP contribution in [0.3, 0.4) is 0 Å². The molecule has 0 fully saturated rings. The maximum absolute atomic E-state index is 9.32. The summed E-state index contributed by atoms with van der Waals surface area (Å²) in [5.74, 6) is 0.793. The van der Waals surface area contributed by atoms with E-state index in [2.05, 4.69) is 183 Å². The number of rotatable bonds is 9. The topological polar surface area (TPSA) is 0 Å². The first kappa shape index (κ1) is 39.9. The van der Waals surface area contributed by atoms with Gasteiger partial charge in [-0.15, -0.1) is 0 Å². The molecule has 0 bridgehead atoms. The number of fused-ring (bicyclic) bond motifs is 5. The van der Waals surface area contributed by atoms with Crippen molar-refractivity contribution in [1.82, 2.24) is 0 Å². The normalized spacial score (nSPS) is 17.8. The van der Waals surface area contributed by atoms with Crippen molar-refractivity contribution >= 4 is 52.3 Å². The number of hydrogen-bond donors (Lipinski definition) is 0. The van der Waals surface area contributed by atoms with Crippen LogP contribution in [0, 0.1) is 13.8 Å². The molecule has 2 aliphatic carbocycles. The first-order chi connectivity index (χ1) is 27.9. The van der Waals surface area contributed by atoms with E-state index in [1.54, 1.807) is 0 Å². The molecule has 6 aromatic carbocycles. The molecule has 0 spiro atoms. The Bertz CT molecular complexity index is 2580. The Hall–Kier alpha value is -3.52. The van der Waals surface area contributed by atoms with Gasteiger partial charge in [-0.3, -0.25) is 0 Å². The Morgan fingerprint density at radius 2 is 0.983 bits per heavy atom. The molecule has 1 heterocycles.